The quantitative estimate of drug-likeness (QED) is 0.592. The molecular formula is C11H21NO2Si. The van der Waals surface area contributed by atoms with Gasteiger partial charge in [-0.05, 0) is 18.9 Å². The fourth-order valence-corrected chi connectivity index (χ4v) is 3.36. The molecule has 86 valence electrons. The van der Waals surface area contributed by atoms with E-state index in [-0.39, 0.29) is 0 Å². The number of carbonyl (C=O) groups is 1. The number of carboxylic acids is 1. The van der Waals surface area contributed by atoms with Gasteiger partial charge in [-0.3, -0.25) is 0 Å². The van der Waals surface area contributed by atoms with Gasteiger partial charge in [0.15, 0.2) is 0 Å². The Hall–Kier alpha value is -0.773. The second-order valence-electron chi connectivity index (χ2n) is 5.41. The molecule has 4 heteroatoms. The molecule has 0 saturated carbocycles. The third kappa shape index (κ3) is 4.51. The molecule has 3 nitrogen and oxygen atoms in total. The maximum Gasteiger partial charge on any atom is 0.330 e. The van der Waals surface area contributed by atoms with Crippen molar-refractivity contribution in [3.05, 3.63) is 11.8 Å². The predicted octanol–water partition coefficient (Wildman–Crippen LogP) is 2.39. The van der Waals surface area contributed by atoms with Crippen LogP contribution >= 0.6 is 0 Å². The van der Waals surface area contributed by atoms with E-state index < -0.39 is 14.0 Å². The molecule has 0 atom stereocenters. The summed E-state index contributed by atoms with van der Waals surface area (Å²) in [7, 11) is -1.23. The number of aliphatic carboxylic acids is 1. The summed E-state index contributed by atoms with van der Waals surface area (Å²) in [6, 6.07) is 0.972. The van der Waals surface area contributed by atoms with Gasteiger partial charge in [0.05, 0.1) is 8.07 Å². The summed E-state index contributed by atoms with van der Waals surface area (Å²) in [4.78, 5) is 13.0. The van der Waals surface area contributed by atoms with Crippen LogP contribution in [0, 0.1) is 0 Å². The van der Waals surface area contributed by atoms with Gasteiger partial charge in [-0.25, -0.2) is 4.79 Å². The largest absolute Gasteiger partial charge is 0.478 e. The Kier molecular flexibility index (Phi) is 3.96. The summed E-state index contributed by atoms with van der Waals surface area (Å²) in [5.74, 6) is -0.810. The maximum absolute atomic E-state index is 10.8. The van der Waals surface area contributed by atoms with E-state index in [0.29, 0.717) is 0 Å². The van der Waals surface area contributed by atoms with Gasteiger partial charge in [-0.2, -0.15) is 0 Å². The lowest BCUT2D eigenvalue weighted by atomic mass is 10.4. The lowest BCUT2D eigenvalue weighted by Crippen LogP contribution is -2.28. The van der Waals surface area contributed by atoms with Gasteiger partial charge in [-0.15, -0.1) is 0 Å². The fraction of sp³-hybridized carbons (Fsp3) is 0.727. The molecule has 0 aliphatic carbocycles. The van der Waals surface area contributed by atoms with Crippen molar-refractivity contribution in [2.24, 2.45) is 0 Å². The Morgan fingerprint density at radius 3 is 2.27 bits per heavy atom. The van der Waals surface area contributed by atoms with Crippen LogP contribution in [0.2, 0.25) is 25.7 Å². The van der Waals surface area contributed by atoms with E-state index in [1.54, 1.807) is 0 Å². The monoisotopic (exact) mass is 227 g/mol. The van der Waals surface area contributed by atoms with Gasteiger partial charge in [-0.1, -0.05) is 19.6 Å². The summed E-state index contributed by atoms with van der Waals surface area (Å²) < 4.78 is 0. The van der Waals surface area contributed by atoms with Gasteiger partial charge in [0.2, 0.25) is 0 Å². The molecule has 0 amide bonds. The van der Waals surface area contributed by atoms with Gasteiger partial charge in [0, 0.05) is 24.9 Å². The van der Waals surface area contributed by atoms with Crippen LogP contribution in [0.25, 0.3) is 0 Å². The number of hydrogen-bond acceptors (Lipinski definition) is 2. The highest BCUT2D eigenvalue weighted by molar-refractivity contribution is 6.76. The number of hydrogen-bond donors (Lipinski definition) is 1. The lowest BCUT2D eigenvalue weighted by Gasteiger charge is -2.26. The molecule has 1 saturated heterocycles. The zero-order valence-electron chi connectivity index (χ0n) is 9.92. The lowest BCUT2D eigenvalue weighted by molar-refractivity contribution is -0.131. The highest BCUT2D eigenvalue weighted by Crippen LogP contribution is 2.23. The van der Waals surface area contributed by atoms with E-state index in [1.165, 1.54) is 18.9 Å². The second kappa shape index (κ2) is 4.83. The van der Waals surface area contributed by atoms with Crippen LogP contribution < -0.4 is 0 Å². The van der Waals surface area contributed by atoms with Crippen LogP contribution in [-0.2, 0) is 4.79 Å². The standard InChI is InChI=1S/C11H21NO2Si/c1-15(2,3)9-10(8-11(13)14)12-6-4-5-7-12/h8H,4-7,9H2,1-3H3,(H,13,14). The molecule has 0 bridgehead atoms. The molecule has 0 spiro atoms. The van der Waals surface area contributed by atoms with Crippen molar-refractivity contribution in [2.75, 3.05) is 13.1 Å². The normalized spacial score (nSPS) is 18.3. The number of rotatable bonds is 4. The van der Waals surface area contributed by atoms with E-state index in [0.717, 1.165) is 24.8 Å². The van der Waals surface area contributed by atoms with Crippen molar-refractivity contribution in [3.8, 4) is 0 Å². The molecule has 15 heavy (non-hydrogen) atoms. The smallest absolute Gasteiger partial charge is 0.330 e. The average Bonchev–Trinajstić information content (AvgIpc) is 2.50. The highest BCUT2D eigenvalue weighted by Gasteiger charge is 2.22. The first-order chi connectivity index (χ1) is 6.88. The van der Waals surface area contributed by atoms with Crippen LogP contribution in [0.3, 0.4) is 0 Å². The average molecular weight is 227 g/mol. The van der Waals surface area contributed by atoms with Gasteiger partial charge in [0.25, 0.3) is 0 Å². The summed E-state index contributed by atoms with van der Waals surface area (Å²) in [6.45, 7) is 8.89. The Morgan fingerprint density at radius 2 is 1.87 bits per heavy atom. The first-order valence-electron chi connectivity index (χ1n) is 5.57. The van der Waals surface area contributed by atoms with Crippen LogP contribution in [0.1, 0.15) is 12.8 Å². The molecule has 0 aromatic heterocycles. The van der Waals surface area contributed by atoms with Crippen molar-refractivity contribution < 1.29 is 9.90 Å². The third-order valence-corrected chi connectivity index (χ3v) is 3.94. The molecule has 0 aromatic rings. The van der Waals surface area contributed by atoms with E-state index in [9.17, 15) is 4.79 Å². The molecule has 1 N–H and O–H groups in total. The van der Waals surface area contributed by atoms with Crippen molar-refractivity contribution in [1.82, 2.24) is 4.90 Å². The fourth-order valence-electron chi connectivity index (χ4n) is 1.94. The van der Waals surface area contributed by atoms with Crippen LogP contribution in [-0.4, -0.2) is 37.1 Å². The number of nitrogens with zero attached hydrogens (tertiary/aromatic N) is 1. The molecule has 0 aromatic carbocycles. The molecule has 1 fully saturated rings. The summed E-state index contributed by atoms with van der Waals surface area (Å²) >= 11 is 0. The number of carboxylic acid groups (broad SMARTS) is 1. The molecule has 1 heterocycles. The van der Waals surface area contributed by atoms with Gasteiger partial charge in [0.1, 0.15) is 0 Å². The zero-order valence-corrected chi connectivity index (χ0v) is 10.9. The molecular weight excluding hydrogens is 206 g/mol. The van der Waals surface area contributed by atoms with Crippen LogP contribution in [0.4, 0.5) is 0 Å². The van der Waals surface area contributed by atoms with Gasteiger partial charge >= 0.3 is 5.97 Å². The number of allylic oxidation sites excluding steroid dienone is 1. The molecule has 1 aliphatic heterocycles. The topological polar surface area (TPSA) is 40.5 Å². The van der Waals surface area contributed by atoms with Crippen LogP contribution in [0.15, 0.2) is 11.8 Å². The minimum Gasteiger partial charge on any atom is -0.478 e. The Balaban J connectivity index is 2.73. The van der Waals surface area contributed by atoms with Crippen molar-refractivity contribution >= 4 is 14.0 Å². The van der Waals surface area contributed by atoms with E-state index in [4.69, 9.17) is 5.11 Å². The second-order valence-corrected chi connectivity index (χ2v) is 10.9. The molecule has 1 aliphatic rings. The Labute approximate surface area is 92.8 Å². The van der Waals surface area contributed by atoms with Crippen molar-refractivity contribution in [1.29, 1.82) is 0 Å². The first-order valence-corrected chi connectivity index (χ1v) is 9.28. The summed E-state index contributed by atoms with van der Waals surface area (Å²) in [5, 5.41) is 8.85. The van der Waals surface area contributed by atoms with E-state index in [1.807, 2.05) is 0 Å². The van der Waals surface area contributed by atoms with Crippen molar-refractivity contribution in [2.45, 2.75) is 38.5 Å². The minimum atomic E-state index is -1.23. The van der Waals surface area contributed by atoms with Crippen molar-refractivity contribution in [3.63, 3.8) is 0 Å². The van der Waals surface area contributed by atoms with E-state index in [2.05, 4.69) is 24.5 Å². The van der Waals surface area contributed by atoms with Crippen LogP contribution in [0.5, 0.6) is 0 Å². The molecule has 0 unspecified atom stereocenters. The maximum atomic E-state index is 10.8. The van der Waals surface area contributed by atoms with E-state index >= 15 is 0 Å². The summed E-state index contributed by atoms with van der Waals surface area (Å²) in [5.41, 5.74) is 1.04. The zero-order chi connectivity index (χ0) is 11.5. The van der Waals surface area contributed by atoms with Gasteiger partial charge < -0.3 is 10.0 Å². The first kappa shape index (κ1) is 12.3. The number of likely N-dealkylation sites (tertiary alicyclic amines) is 1. The highest BCUT2D eigenvalue weighted by atomic mass is 28.3. The minimum absolute atomic E-state index is 0.810. The SMILES string of the molecule is C[Si](C)(C)CC(=CC(=O)O)N1CCCC1. The Morgan fingerprint density at radius 1 is 1.33 bits per heavy atom. The summed E-state index contributed by atoms with van der Waals surface area (Å²) in [6.07, 6.45) is 3.80. The molecule has 0 radical (unpaired) electrons. The predicted molar refractivity (Wildman–Crippen MR) is 64.7 cm³/mol. The Bertz CT molecular complexity index is 262. The molecule has 1 rings (SSSR count). The third-order valence-electron chi connectivity index (χ3n) is 2.51.